The lowest BCUT2D eigenvalue weighted by Crippen LogP contribution is -2.27. The summed E-state index contributed by atoms with van der Waals surface area (Å²) >= 11 is 2.03. The highest BCUT2D eigenvalue weighted by Crippen LogP contribution is 2.02. The molecule has 1 aromatic heterocycles. The smallest absolute Gasteiger partial charge is 0.267 e. The highest BCUT2D eigenvalue weighted by atomic mass is 127. The van der Waals surface area contributed by atoms with Crippen LogP contribution in [-0.2, 0) is 6.54 Å². The van der Waals surface area contributed by atoms with Gasteiger partial charge in [0.05, 0.1) is 15.6 Å². The standard InChI is InChI=1S/C12H18IN3O/c1-4-5-14-6-9(2)7-16-8-15-10(3)11(13)12(16)17/h8,14H,2,4-7H2,1,3H3. The van der Waals surface area contributed by atoms with Crippen LogP contribution in [0, 0.1) is 10.5 Å². The fraction of sp³-hybridized carbons (Fsp3) is 0.500. The summed E-state index contributed by atoms with van der Waals surface area (Å²) in [6.45, 7) is 10.2. The molecule has 1 rings (SSSR count). The van der Waals surface area contributed by atoms with Gasteiger partial charge in [0.15, 0.2) is 0 Å². The number of aryl methyl sites for hydroxylation is 1. The molecule has 0 aromatic carbocycles. The highest BCUT2D eigenvalue weighted by Gasteiger charge is 2.05. The van der Waals surface area contributed by atoms with E-state index in [-0.39, 0.29) is 5.56 Å². The van der Waals surface area contributed by atoms with Gasteiger partial charge in [0.25, 0.3) is 5.56 Å². The van der Waals surface area contributed by atoms with Gasteiger partial charge in [0, 0.05) is 13.1 Å². The molecule has 17 heavy (non-hydrogen) atoms. The van der Waals surface area contributed by atoms with E-state index in [0.717, 1.165) is 30.8 Å². The first-order valence-electron chi connectivity index (χ1n) is 5.65. The molecule has 0 radical (unpaired) electrons. The van der Waals surface area contributed by atoms with E-state index in [2.05, 4.69) is 23.8 Å². The molecule has 0 unspecified atom stereocenters. The van der Waals surface area contributed by atoms with E-state index < -0.39 is 0 Å². The number of rotatable bonds is 6. The third-order valence-electron chi connectivity index (χ3n) is 2.35. The third kappa shape index (κ3) is 4.23. The van der Waals surface area contributed by atoms with Crippen LogP contribution in [0.25, 0.3) is 0 Å². The number of hydrogen-bond acceptors (Lipinski definition) is 3. The molecule has 0 spiro atoms. The van der Waals surface area contributed by atoms with Crippen LogP contribution in [0.4, 0.5) is 0 Å². The first-order chi connectivity index (χ1) is 8.06. The number of nitrogens with zero attached hydrogens (tertiary/aromatic N) is 2. The number of hydrogen-bond donors (Lipinski definition) is 1. The second kappa shape index (κ2) is 6.90. The Labute approximate surface area is 115 Å². The molecule has 0 saturated heterocycles. The van der Waals surface area contributed by atoms with Gasteiger partial charge in [0.1, 0.15) is 0 Å². The van der Waals surface area contributed by atoms with Crippen molar-refractivity contribution < 1.29 is 0 Å². The van der Waals surface area contributed by atoms with Crippen LogP contribution in [0.5, 0.6) is 0 Å². The Balaban J connectivity index is 2.66. The highest BCUT2D eigenvalue weighted by molar-refractivity contribution is 14.1. The molecule has 0 saturated carbocycles. The molecule has 0 aliphatic rings. The normalized spacial score (nSPS) is 10.5. The zero-order chi connectivity index (χ0) is 12.8. The largest absolute Gasteiger partial charge is 0.313 e. The van der Waals surface area contributed by atoms with Crippen LogP contribution in [0.3, 0.4) is 0 Å². The van der Waals surface area contributed by atoms with Gasteiger partial charge < -0.3 is 5.32 Å². The third-order valence-corrected chi connectivity index (χ3v) is 3.59. The van der Waals surface area contributed by atoms with Crippen LogP contribution in [0.15, 0.2) is 23.3 Å². The summed E-state index contributed by atoms with van der Waals surface area (Å²) in [7, 11) is 0. The maximum absolute atomic E-state index is 11.9. The minimum atomic E-state index is 0.00902. The fourth-order valence-corrected chi connectivity index (χ4v) is 1.85. The lowest BCUT2D eigenvalue weighted by Gasteiger charge is -2.10. The van der Waals surface area contributed by atoms with Crippen molar-refractivity contribution in [3.8, 4) is 0 Å². The summed E-state index contributed by atoms with van der Waals surface area (Å²) in [6.07, 6.45) is 2.68. The minimum Gasteiger partial charge on any atom is -0.313 e. The zero-order valence-electron chi connectivity index (χ0n) is 10.3. The van der Waals surface area contributed by atoms with E-state index in [1.807, 2.05) is 29.5 Å². The summed E-state index contributed by atoms with van der Waals surface area (Å²) in [5.74, 6) is 0. The van der Waals surface area contributed by atoms with Crippen molar-refractivity contribution in [3.05, 3.63) is 38.1 Å². The molecule has 0 aliphatic heterocycles. The topological polar surface area (TPSA) is 46.9 Å². The van der Waals surface area contributed by atoms with Crippen molar-refractivity contribution in [2.45, 2.75) is 26.8 Å². The van der Waals surface area contributed by atoms with Gasteiger partial charge in [-0.1, -0.05) is 13.5 Å². The second-order valence-corrected chi connectivity index (χ2v) is 5.08. The van der Waals surface area contributed by atoms with Crippen LogP contribution in [0.2, 0.25) is 0 Å². The minimum absolute atomic E-state index is 0.00902. The number of aromatic nitrogens is 2. The maximum atomic E-state index is 11.9. The Morgan fingerprint density at radius 1 is 1.65 bits per heavy atom. The van der Waals surface area contributed by atoms with E-state index in [1.165, 1.54) is 0 Å². The summed E-state index contributed by atoms with van der Waals surface area (Å²) < 4.78 is 2.28. The Morgan fingerprint density at radius 3 is 3.00 bits per heavy atom. The zero-order valence-corrected chi connectivity index (χ0v) is 12.5. The van der Waals surface area contributed by atoms with Gasteiger partial charge in [-0.05, 0) is 48.1 Å². The van der Waals surface area contributed by atoms with Crippen molar-refractivity contribution >= 4 is 22.6 Å². The first kappa shape index (κ1) is 14.4. The molecule has 1 heterocycles. The molecule has 94 valence electrons. The van der Waals surface area contributed by atoms with Crippen molar-refractivity contribution in [3.63, 3.8) is 0 Å². The fourth-order valence-electron chi connectivity index (χ4n) is 1.40. The van der Waals surface area contributed by atoms with E-state index in [1.54, 1.807) is 10.9 Å². The molecule has 0 amide bonds. The monoisotopic (exact) mass is 347 g/mol. The Kier molecular flexibility index (Phi) is 5.84. The van der Waals surface area contributed by atoms with Crippen LogP contribution in [0.1, 0.15) is 19.0 Å². The van der Waals surface area contributed by atoms with E-state index in [0.29, 0.717) is 10.1 Å². The average molecular weight is 347 g/mol. The number of nitrogens with one attached hydrogen (secondary N) is 1. The van der Waals surface area contributed by atoms with E-state index >= 15 is 0 Å². The predicted molar refractivity (Wildman–Crippen MR) is 78.3 cm³/mol. The molecular weight excluding hydrogens is 329 g/mol. The Morgan fingerprint density at radius 2 is 2.35 bits per heavy atom. The number of halogens is 1. The first-order valence-corrected chi connectivity index (χ1v) is 6.73. The van der Waals surface area contributed by atoms with Gasteiger partial charge in [-0.3, -0.25) is 9.36 Å². The summed E-state index contributed by atoms with van der Waals surface area (Å²) in [5, 5.41) is 3.26. The SMILES string of the molecule is C=C(CNCCC)Cn1cnc(C)c(I)c1=O. The van der Waals surface area contributed by atoms with Crippen molar-refractivity contribution in [2.75, 3.05) is 13.1 Å². The Hall–Kier alpha value is -0.690. The summed E-state index contributed by atoms with van der Waals surface area (Å²) in [5.41, 5.74) is 1.78. The van der Waals surface area contributed by atoms with Crippen LogP contribution < -0.4 is 10.9 Å². The van der Waals surface area contributed by atoms with Crippen LogP contribution >= 0.6 is 22.6 Å². The summed E-state index contributed by atoms with van der Waals surface area (Å²) in [4.78, 5) is 16.1. The average Bonchev–Trinajstić information content (AvgIpc) is 2.30. The van der Waals surface area contributed by atoms with Crippen molar-refractivity contribution in [1.82, 2.24) is 14.9 Å². The molecule has 0 aliphatic carbocycles. The molecule has 4 nitrogen and oxygen atoms in total. The molecule has 5 heteroatoms. The van der Waals surface area contributed by atoms with E-state index in [4.69, 9.17) is 0 Å². The van der Waals surface area contributed by atoms with Gasteiger partial charge in [-0.25, -0.2) is 4.98 Å². The molecule has 0 fully saturated rings. The van der Waals surface area contributed by atoms with E-state index in [9.17, 15) is 4.79 Å². The molecule has 1 N–H and O–H groups in total. The molecule has 0 bridgehead atoms. The lowest BCUT2D eigenvalue weighted by molar-refractivity contribution is 0.653. The van der Waals surface area contributed by atoms with Crippen LogP contribution in [-0.4, -0.2) is 22.6 Å². The van der Waals surface area contributed by atoms with Gasteiger partial charge in [-0.2, -0.15) is 0 Å². The van der Waals surface area contributed by atoms with Gasteiger partial charge in [0.2, 0.25) is 0 Å². The molecule has 0 atom stereocenters. The van der Waals surface area contributed by atoms with Crippen molar-refractivity contribution in [2.24, 2.45) is 0 Å². The predicted octanol–water partition coefficient (Wildman–Crippen LogP) is 1.71. The second-order valence-electron chi connectivity index (χ2n) is 4.00. The molecular formula is C12H18IN3O. The van der Waals surface area contributed by atoms with Gasteiger partial charge in [-0.15, -0.1) is 0 Å². The Bertz CT molecular complexity index is 454. The van der Waals surface area contributed by atoms with Gasteiger partial charge >= 0.3 is 0 Å². The summed E-state index contributed by atoms with van der Waals surface area (Å²) in [6, 6.07) is 0. The van der Waals surface area contributed by atoms with Crippen molar-refractivity contribution in [1.29, 1.82) is 0 Å². The quantitative estimate of drug-likeness (QED) is 0.484. The molecule has 1 aromatic rings. The maximum Gasteiger partial charge on any atom is 0.267 e. The lowest BCUT2D eigenvalue weighted by atomic mass is 10.3.